The summed E-state index contributed by atoms with van der Waals surface area (Å²) in [6.07, 6.45) is 10.6. The third-order valence-corrected chi connectivity index (χ3v) is 7.40. The minimum absolute atomic E-state index is 0.662. The van der Waals surface area contributed by atoms with Crippen LogP contribution < -0.4 is 0 Å². The van der Waals surface area contributed by atoms with Gasteiger partial charge in [-0.1, -0.05) is 41.0 Å². The molecule has 0 radical (unpaired) electrons. The van der Waals surface area contributed by atoms with Crippen LogP contribution in [0.1, 0.15) is 79.6 Å². The van der Waals surface area contributed by atoms with Crippen molar-refractivity contribution < 1.29 is 0 Å². The summed E-state index contributed by atoms with van der Waals surface area (Å²) in [5.74, 6) is 7.14. The molecule has 3 saturated carbocycles. The highest BCUT2D eigenvalue weighted by molar-refractivity contribution is 5.05. The van der Waals surface area contributed by atoms with Gasteiger partial charge in [0.2, 0.25) is 0 Å². The molecule has 0 aliphatic heterocycles. The van der Waals surface area contributed by atoms with Crippen molar-refractivity contribution in [3.63, 3.8) is 0 Å². The van der Waals surface area contributed by atoms with E-state index in [1.165, 1.54) is 44.9 Å². The fraction of sp³-hybridized carbons (Fsp3) is 1.00. The zero-order valence-electron chi connectivity index (χ0n) is 14.5. The third kappa shape index (κ3) is 2.81. The Bertz CT molecular complexity index is 342. The van der Waals surface area contributed by atoms with E-state index in [0.29, 0.717) is 5.41 Å². The average Bonchev–Trinajstić information content (AvgIpc) is 2.65. The third-order valence-electron chi connectivity index (χ3n) is 7.40. The van der Waals surface area contributed by atoms with Crippen molar-refractivity contribution in [2.75, 3.05) is 0 Å². The molecule has 0 heterocycles. The largest absolute Gasteiger partial charge is 0.0625 e. The van der Waals surface area contributed by atoms with Gasteiger partial charge in [0, 0.05) is 0 Å². The van der Waals surface area contributed by atoms with Gasteiger partial charge < -0.3 is 0 Å². The van der Waals surface area contributed by atoms with Crippen LogP contribution in [0.25, 0.3) is 0 Å². The first-order valence-corrected chi connectivity index (χ1v) is 9.38. The zero-order chi connectivity index (χ0) is 14.5. The van der Waals surface area contributed by atoms with Crippen molar-refractivity contribution >= 4 is 0 Å². The van der Waals surface area contributed by atoms with E-state index < -0.39 is 0 Å². The van der Waals surface area contributed by atoms with Gasteiger partial charge in [-0.05, 0) is 85.4 Å². The monoisotopic (exact) mass is 276 g/mol. The standard InChI is InChI=1S/C20H36/c1-13-6-7-18-19(20(18,4)5)12-15(3)11-17-10-14(2)9-16(17)8-13/h13-19H,6-12H2,1-5H3/t13-,14?,15?,16?,17?,18?,19?/m0/s1. The Balaban J connectivity index is 1.70. The van der Waals surface area contributed by atoms with Gasteiger partial charge >= 0.3 is 0 Å². The van der Waals surface area contributed by atoms with Gasteiger partial charge in [0.1, 0.15) is 0 Å². The second kappa shape index (κ2) is 5.33. The van der Waals surface area contributed by atoms with Crippen LogP contribution in [0.15, 0.2) is 0 Å². The molecule has 6 unspecified atom stereocenters. The van der Waals surface area contributed by atoms with Gasteiger partial charge in [-0.3, -0.25) is 0 Å². The second-order valence-electron chi connectivity index (χ2n) is 9.63. The molecule has 3 rings (SSSR count). The Morgan fingerprint density at radius 2 is 1.10 bits per heavy atom. The van der Waals surface area contributed by atoms with E-state index in [2.05, 4.69) is 34.6 Å². The Morgan fingerprint density at radius 3 is 1.70 bits per heavy atom. The summed E-state index contributed by atoms with van der Waals surface area (Å²) < 4.78 is 0. The van der Waals surface area contributed by atoms with E-state index in [1.54, 1.807) is 0 Å². The molecule has 0 aromatic carbocycles. The van der Waals surface area contributed by atoms with Crippen molar-refractivity contribution in [2.45, 2.75) is 79.6 Å². The van der Waals surface area contributed by atoms with Gasteiger partial charge in [0.25, 0.3) is 0 Å². The highest BCUT2D eigenvalue weighted by Gasteiger charge is 2.56. The Kier molecular flexibility index (Phi) is 3.97. The highest BCUT2D eigenvalue weighted by Crippen LogP contribution is 2.63. The molecular formula is C20H36. The molecule has 0 spiro atoms. The summed E-state index contributed by atoms with van der Waals surface area (Å²) >= 11 is 0. The van der Waals surface area contributed by atoms with E-state index in [0.717, 1.165) is 41.4 Å². The van der Waals surface area contributed by atoms with Crippen molar-refractivity contribution in [1.29, 1.82) is 0 Å². The van der Waals surface area contributed by atoms with E-state index in [4.69, 9.17) is 0 Å². The van der Waals surface area contributed by atoms with Gasteiger partial charge in [-0.25, -0.2) is 0 Å². The van der Waals surface area contributed by atoms with Gasteiger partial charge in [-0.15, -0.1) is 0 Å². The van der Waals surface area contributed by atoms with Gasteiger partial charge in [-0.2, -0.15) is 0 Å². The lowest BCUT2D eigenvalue weighted by molar-refractivity contribution is 0.254. The van der Waals surface area contributed by atoms with Crippen LogP contribution in [0, 0.1) is 46.8 Å². The van der Waals surface area contributed by atoms with Crippen LogP contribution >= 0.6 is 0 Å². The Labute approximate surface area is 127 Å². The molecule has 3 fully saturated rings. The minimum Gasteiger partial charge on any atom is -0.0625 e. The Morgan fingerprint density at radius 1 is 0.600 bits per heavy atom. The van der Waals surface area contributed by atoms with E-state index in [1.807, 2.05) is 0 Å². The number of hydrogen-bond donors (Lipinski definition) is 0. The maximum atomic E-state index is 2.55. The maximum Gasteiger partial charge on any atom is -0.0292 e. The molecule has 0 heteroatoms. The van der Waals surface area contributed by atoms with E-state index >= 15 is 0 Å². The fourth-order valence-electron chi connectivity index (χ4n) is 6.14. The summed E-state index contributed by atoms with van der Waals surface area (Å²) in [4.78, 5) is 0. The molecule has 3 aliphatic rings. The first-order chi connectivity index (χ1) is 9.38. The molecule has 0 nitrogen and oxygen atoms in total. The minimum atomic E-state index is 0.662. The fourth-order valence-corrected chi connectivity index (χ4v) is 6.14. The SMILES string of the molecule is CC1CC2CC(C)CC3C(CC[C@H](C)CC2C1)C3(C)C. The smallest absolute Gasteiger partial charge is 0.0292 e. The molecule has 0 aromatic rings. The predicted molar refractivity (Wildman–Crippen MR) is 87.6 cm³/mol. The Hall–Kier alpha value is 0. The van der Waals surface area contributed by atoms with Crippen molar-refractivity contribution in [3.8, 4) is 0 Å². The molecule has 7 atom stereocenters. The van der Waals surface area contributed by atoms with Crippen LogP contribution in [0.4, 0.5) is 0 Å². The van der Waals surface area contributed by atoms with Crippen LogP contribution in [-0.2, 0) is 0 Å². The molecule has 0 amide bonds. The predicted octanol–water partition coefficient (Wildman–Crippen LogP) is 6.16. The van der Waals surface area contributed by atoms with Crippen LogP contribution in [-0.4, -0.2) is 0 Å². The lowest BCUT2D eigenvalue weighted by Crippen LogP contribution is -2.15. The van der Waals surface area contributed by atoms with E-state index in [9.17, 15) is 0 Å². The zero-order valence-corrected chi connectivity index (χ0v) is 14.5. The summed E-state index contributed by atoms with van der Waals surface area (Å²) in [5.41, 5.74) is 0.662. The van der Waals surface area contributed by atoms with Gasteiger partial charge in [0.15, 0.2) is 0 Å². The second-order valence-corrected chi connectivity index (χ2v) is 9.63. The first-order valence-electron chi connectivity index (χ1n) is 9.38. The number of rotatable bonds is 0. The van der Waals surface area contributed by atoms with Crippen LogP contribution in [0.2, 0.25) is 0 Å². The molecular weight excluding hydrogens is 240 g/mol. The first kappa shape index (κ1) is 14.9. The molecule has 116 valence electrons. The molecule has 20 heavy (non-hydrogen) atoms. The lowest BCUT2D eigenvalue weighted by atomic mass is 9.80. The number of hydrogen-bond acceptors (Lipinski definition) is 0. The topological polar surface area (TPSA) is 0 Å². The summed E-state index contributed by atoms with van der Waals surface area (Å²) in [7, 11) is 0. The molecule has 0 N–H and O–H groups in total. The highest BCUT2D eigenvalue weighted by atomic mass is 14.6. The molecule has 3 aliphatic carbocycles. The van der Waals surface area contributed by atoms with Crippen LogP contribution in [0.5, 0.6) is 0 Å². The van der Waals surface area contributed by atoms with Crippen molar-refractivity contribution in [1.82, 2.24) is 0 Å². The summed E-state index contributed by atoms with van der Waals surface area (Å²) in [6, 6.07) is 0. The average molecular weight is 277 g/mol. The molecule has 0 bridgehead atoms. The molecule has 0 saturated heterocycles. The molecule has 0 aromatic heterocycles. The lowest BCUT2D eigenvalue weighted by Gasteiger charge is -2.25. The van der Waals surface area contributed by atoms with Crippen LogP contribution in [0.3, 0.4) is 0 Å². The van der Waals surface area contributed by atoms with Crippen molar-refractivity contribution in [2.24, 2.45) is 46.8 Å². The van der Waals surface area contributed by atoms with Gasteiger partial charge in [0.05, 0.1) is 0 Å². The van der Waals surface area contributed by atoms with Crippen molar-refractivity contribution in [3.05, 3.63) is 0 Å². The van der Waals surface area contributed by atoms with E-state index in [-0.39, 0.29) is 0 Å². The summed E-state index contributed by atoms with van der Waals surface area (Å²) in [6.45, 7) is 12.6. The number of fused-ring (bicyclic) bond motifs is 2. The maximum absolute atomic E-state index is 2.55. The normalized spacial score (nSPS) is 51.8. The summed E-state index contributed by atoms with van der Waals surface area (Å²) in [5, 5.41) is 0. The quantitative estimate of drug-likeness (QED) is 0.497.